The lowest BCUT2D eigenvalue weighted by atomic mass is 9.98. The summed E-state index contributed by atoms with van der Waals surface area (Å²) in [6.45, 7) is 0.283. The Bertz CT molecular complexity index is 1280. The number of halogens is 4. The topological polar surface area (TPSA) is 84.9 Å². The summed E-state index contributed by atoms with van der Waals surface area (Å²) < 4.78 is 79.5. The third kappa shape index (κ3) is 5.03. The van der Waals surface area contributed by atoms with Crippen molar-refractivity contribution in [1.82, 2.24) is 4.90 Å². The average molecular weight is 541 g/mol. The Kier molecular flexibility index (Phi) is 6.63. The van der Waals surface area contributed by atoms with Crippen molar-refractivity contribution >= 4 is 28.5 Å². The fourth-order valence-corrected chi connectivity index (χ4v) is 6.21. The molecule has 0 aromatic heterocycles. The molecule has 198 valence electrons. The van der Waals surface area contributed by atoms with Crippen LogP contribution in [0, 0.1) is 17.7 Å². The molecule has 2 fully saturated rings. The van der Waals surface area contributed by atoms with E-state index in [9.17, 15) is 31.4 Å². The SMILES string of the molecule is COC(=O)c1c(NS(=O)c2ccc(F)cc2C[C@@H]2CCN(C(=O)C(F)(F)F)C2)ccc2c1OC[C@@H]1C[C@H]21. The molecule has 3 aliphatic rings. The van der Waals surface area contributed by atoms with Crippen molar-refractivity contribution in [3.8, 4) is 5.75 Å². The quantitative estimate of drug-likeness (QED) is 0.439. The highest BCUT2D eigenvalue weighted by Gasteiger charge is 2.46. The summed E-state index contributed by atoms with van der Waals surface area (Å²) in [5.74, 6) is -2.38. The van der Waals surface area contributed by atoms with Gasteiger partial charge in [0.2, 0.25) is 0 Å². The number of likely N-dealkylation sites (tertiary alicyclic amines) is 1. The van der Waals surface area contributed by atoms with Crippen LogP contribution in [0.4, 0.5) is 23.2 Å². The standard InChI is InChI=1S/C25H24F4N2O5S/c1-35-23(32)21-19(4-3-17-18-10-15(18)12-36-22(17)21)30-37(34)20-5-2-16(26)9-14(20)8-13-6-7-31(11-13)24(33)25(27,28)29/h2-5,9,13,15,18,30H,6-8,10-12H2,1H3/t13-,15-,18-,37?/m0/s1. The predicted octanol–water partition coefficient (Wildman–Crippen LogP) is 4.20. The first-order chi connectivity index (χ1) is 17.6. The summed E-state index contributed by atoms with van der Waals surface area (Å²) in [6, 6.07) is 7.11. The number of nitrogens with one attached hydrogen (secondary N) is 1. The van der Waals surface area contributed by atoms with Crippen molar-refractivity contribution in [2.45, 2.75) is 36.3 Å². The Morgan fingerprint density at radius 1 is 1.24 bits per heavy atom. The number of carbonyl (C=O) groups excluding carboxylic acids is 2. The number of anilines is 1. The highest BCUT2D eigenvalue weighted by molar-refractivity contribution is 7.86. The molecule has 12 heteroatoms. The van der Waals surface area contributed by atoms with Crippen LogP contribution in [0.2, 0.25) is 0 Å². The summed E-state index contributed by atoms with van der Waals surface area (Å²) in [4.78, 5) is 25.2. The molecule has 2 aromatic rings. The first-order valence-corrected chi connectivity index (χ1v) is 12.9. The van der Waals surface area contributed by atoms with Crippen LogP contribution >= 0.6 is 0 Å². The Hall–Kier alpha value is -3.15. The van der Waals surface area contributed by atoms with Gasteiger partial charge in [-0.25, -0.2) is 13.4 Å². The number of benzene rings is 2. The third-order valence-corrected chi connectivity index (χ3v) is 8.29. The second kappa shape index (κ2) is 9.62. The normalized spacial score (nSPS) is 22.9. The molecule has 1 saturated heterocycles. The van der Waals surface area contributed by atoms with Crippen LogP contribution in [-0.4, -0.2) is 54.0 Å². The molecule has 37 heavy (non-hydrogen) atoms. The first kappa shape index (κ1) is 25.5. The fourth-order valence-electron chi connectivity index (χ4n) is 5.16. The zero-order valence-corrected chi connectivity index (χ0v) is 20.6. The van der Waals surface area contributed by atoms with E-state index in [4.69, 9.17) is 9.47 Å². The lowest BCUT2D eigenvalue weighted by Gasteiger charge is -2.22. The maximum absolute atomic E-state index is 14.1. The van der Waals surface area contributed by atoms with Crippen LogP contribution in [-0.2, 0) is 26.9 Å². The Morgan fingerprint density at radius 3 is 2.76 bits per heavy atom. The summed E-state index contributed by atoms with van der Waals surface area (Å²) in [6.07, 6.45) is -3.56. The molecular formula is C25H24F4N2O5S. The number of amides is 1. The number of nitrogens with zero attached hydrogens (tertiary/aromatic N) is 1. The Balaban J connectivity index is 1.38. The van der Waals surface area contributed by atoms with Gasteiger partial charge in [0.15, 0.2) is 11.0 Å². The number of fused-ring (bicyclic) bond motifs is 3. The molecule has 1 aliphatic carbocycles. The van der Waals surface area contributed by atoms with E-state index in [-0.39, 0.29) is 41.6 Å². The van der Waals surface area contributed by atoms with E-state index in [2.05, 4.69) is 4.72 Å². The van der Waals surface area contributed by atoms with Crippen molar-refractivity contribution in [3.63, 3.8) is 0 Å². The van der Waals surface area contributed by atoms with Crippen molar-refractivity contribution in [2.24, 2.45) is 11.8 Å². The van der Waals surface area contributed by atoms with Crippen LogP contribution in [0.1, 0.15) is 40.2 Å². The molecule has 0 radical (unpaired) electrons. The molecule has 4 atom stereocenters. The third-order valence-electron chi connectivity index (χ3n) is 7.09. The summed E-state index contributed by atoms with van der Waals surface area (Å²) >= 11 is 0. The maximum Gasteiger partial charge on any atom is 0.471 e. The lowest BCUT2D eigenvalue weighted by molar-refractivity contribution is -0.184. The van der Waals surface area contributed by atoms with Gasteiger partial charge in [-0.05, 0) is 66.5 Å². The number of alkyl halides is 3. The first-order valence-electron chi connectivity index (χ1n) is 11.8. The van der Waals surface area contributed by atoms with E-state index in [0.717, 1.165) is 23.0 Å². The molecule has 5 rings (SSSR count). The Labute approximate surface area is 212 Å². The van der Waals surface area contributed by atoms with Crippen molar-refractivity contribution < 1.29 is 40.8 Å². The zero-order chi connectivity index (χ0) is 26.5. The Morgan fingerprint density at radius 2 is 2.03 bits per heavy atom. The number of carbonyl (C=O) groups is 2. The van der Waals surface area contributed by atoms with Gasteiger partial charge < -0.3 is 19.1 Å². The monoisotopic (exact) mass is 540 g/mol. The van der Waals surface area contributed by atoms with Gasteiger partial charge in [-0.3, -0.25) is 4.79 Å². The van der Waals surface area contributed by atoms with Crippen LogP contribution in [0.5, 0.6) is 5.75 Å². The van der Waals surface area contributed by atoms with Crippen molar-refractivity contribution in [1.29, 1.82) is 0 Å². The van der Waals surface area contributed by atoms with Gasteiger partial charge in [0, 0.05) is 19.0 Å². The van der Waals surface area contributed by atoms with Gasteiger partial charge in [0.05, 0.1) is 24.3 Å². The summed E-state index contributed by atoms with van der Waals surface area (Å²) in [5.41, 5.74) is 1.59. The summed E-state index contributed by atoms with van der Waals surface area (Å²) in [7, 11) is -0.720. The largest absolute Gasteiger partial charge is 0.492 e. The van der Waals surface area contributed by atoms with Crippen molar-refractivity contribution in [3.05, 3.63) is 52.8 Å². The fraction of sp³-hybridized carbons (Fsp3) is 0.440. The minimum Gasteiger partial charge on any atom is -0.492 e. The number of esters is 1. The number of rotatable bonds is 6. The number of hydrogen-bond acceptors (Lipinski definition) is 5. The molecule has 2 aliphatic heterocycles. The van der Waals surface area contributed by atoms with E-state index in [0.29, 0.717) is 36.2 Å². The molecule has 0 bridgehead atoms. The zero-order valence-electron chi connectivity index (χ0n) is 19.8. The second-order valence-corrected chi connectivity index (χ2v) is 10.7. The minimum absolute atomic E-state index is 0.0610. The highest BCUT2D eigenvalue weighted by Crippen LogP contribution is 2.55. The maximum atomic E-state index is 14.1. The summed E-state index contributed by atoms with van der Waals surface area (Å²) in [5, 5.41) is 0. The second-order valence-electron chi connectivity index (χ2n) is 9.54. The van der Waals surface area contributed by atoms with E-state index in [1.807, 2.05) is 6.07 Å². The molecular weight excluding hydrogens is 516 g/mol. The van der Waals surface area contributed by atoms with Gasteiger partial charge in [0.25, 0.3) is 0 Å². The van der Waals surface area contributed by atoms with Gasteiger partial charge >= 0.3 is 18.1 Å². The predicted molar refractivity (Wildman–Crippen MR) is 125 cm³/mol. The number of methoxy groups -OCH3 is 1. The molecule has 0 spiro atoms. The molecule has 2 aromatic carbocycles. The van der Waals surface area contributed by atoms with Crippen LogP contribution in [0.15, 0.2) is 35.2 Å². The molecule has 1 saturated carbocycles. The molecule has 2 heterocycles. The van der Waals surface area contributed by atoms with Gasteiger partial charge in [-0.2, -0.15) is 13.2 Å². The van der Waals surface area contributed by atoms with Crippen LogP contribution in [0.25, 0.3) is 0 Å². The van der Waals surface area contributed by atoms with Gasteiger partial charge in [-0.1, -0.05) is 6.07 Å². The lowest BCUT2D eigenvalue weighted by Crippen LogP contribution is -2.39. The van der Waals surface area contributed by atoms with Gasteiger partial charge in [-0.15, -0.1) is 0 Å². The number of ether oxygens (including phenoxy) is 2. The minimum atomic E-state index is -4.96. The van der Waals surface area contributed by atoms with Crippen LogP contribution in [0.3, 0.4) is 0 Å². The van der Waals surface area contributed by atoms with E-state index < -0.39 is 34.9 Å². The van der Waals surface area contributed by atoms with E-state index >= 15 is 0 Å². The van der Waals surface area contributed by atoms with Gasteiger partial charge in [0.1, 0.15) is 17.1 Å². The van der Waals surface area contributed by atoms with E-state index in [1.165, 1.54) is 19.2 Å². The van der Waals surface area contributed by atoms with Crippen LogP contribution < -0.4 is 9.46 Å². The number of hydrogen-bond donors (Lipinski definition) is 1. The highest BCUT2D eigenvalue weighted by atomic mass is 32.2. The molecule has 7 nitrogen and oxygen atoms in total. The van der Waals surface area contributed by atoms with E-state index in [1.54, 1.807) is 6.07 Å². The van der Waals surface area contributed by atoms with Crippen molar-refractivity contribution in [2.75, 3.05) is 31.5 Å². The average Bonchev–Trinajstić information content (AvgIpc) is 3.52. The molecule has 1 N–H and O–H groups in total. The molecule has 1 unspecified atom stereocenters. The smallest absolute Gasteiger partial charge is 0.471 e. The molecule has 1 amide bonds.